The van der Waals surface area contributed by atoms with E-state index in [4.69, 9.17) is 4.74 Å². The molecule has 0 aromatic carbocycles. The Kier molecular flexibility index (Phi) is 4.37. The van der Waals surface area contributed by atoms with Crippen LogP contribution >= 0.6 is 0 Å². The molecule has 2 fully saturated rings. The highest BCUT2D eigenvalue weighted by Gasteiger charge is 2.44. The molecule has 2 amide bonds. The molecule has 5 heteroatoms. The van der Waals surface area contributed by atoms with Crippen LogP contribution in [0.15, 0.2) is 0 Å². The third-order valence-electron chi connectivity index (χ3n) is 4.37. The first-order valence-electron chi connectivity index (χ1n) is 7.66. The number of rotatable bonds is 3. The molecule has 2 aliphatic heterocycles. The van der Waals surface area contributed by atoms with Gasteiger partial charge in [0.1, 0.15) is 12.1 Å². The average Bonchev–Trinajstić information content (AvgIpc) is 2.39. The van der Waals surface area contributed by atoms with Gasteiger partial charge in [-0.2, -0.15) is 0 Å². The molecule has 0 spiro atoms. The van der Waals surface area contributed by atoms with Crippen LogP contribution < -0.4 is 5.32 Å². The summed E-state index contributed by atoms with van der Waals surface area (Å²) < 4.78 is 5.73. The fraction of sp³-hybridized carbons (Fsp3) is 0.867. The first kappa shape index (κ1) is 15.3. The van der Waals surface area contributed by atoms with Gasteiger partial charge in [-0.05, 0) is 39.5 Å². The first-order chi connectivity index (χ1) is 9.39. The molecule has 0 aromatic heterocycles. The lowest BCUT2D eigenvalue weighted by atomic mass is 9.89. The van der Waals surface area contributed by atoms with E-state index < -0.39 is 0 Å². The second-order valence-electron chi connectivity index (χ2n) is 6.39. The van der Waals surface area contributed by atoms with Gasteiger partial charge >= 0.3 is 0 Å². The molecule has 20 heavy (non-hydrogen) atoms. The second kappa shape index (κ2) is 5.72. The molecule has 114 valence electrons. The Morgan fingerprint density at radius 2 is 2.00 bits per heavy atom. The molecule has 3 unspecified atom stereocenters. The number of nitrogens with zero attached hydrogens (tertiary/aromatic N) is 1. The summed E-state index contributed by atoms with van der Waals surface area (Å²) in [5.41, 5.74) is -0.225. The van der Waals surface area contributed by atoms with Gasteiger partial charge in [-0.1, -0.05) is 13.8 Å². The Labute approximate surface area is 121 Å². The van der Waals surface area contributed by atoms with Gasteiger partial charge in [0.25, 0.3) is 0 Å². The third-order valence-corrected chi connectivity index (χ3v) is 4.37. The van der Waals surface area contributed by atoms with Crippen molar-refractivity contribution in [3.63, 3.8) is 0 Å². The maximum absolute atomic E-state index is 12.7. The molecule has 2 saturated heterocycles. The normalized spacial score (nSPS) is 34.0. The van der Waals surface area contributed by atoms with Gasteiger partial charge in [-0.25, -0.2) is 0 Å². The Morgan fingerprint density at radius 1 is 1.30 bits per heavy atom. The molecule has 0 radical (unpaired) electrons. The van der Waals surface area contributed by atoms with E-state index in [-0.39, 0.29) is 35.5 Å². The summed E-state index contributed by atoms with van der Waals surface area (Å²) in [7, 11) is 0. The fourth-order valence-electron chi connectivity index (χ4n) is 3.32. The van der Waals surface area contributed by atoms with E-state index in [1.165, 1.54) is 0 Å². The smallest absolute Gasteiger partial charge is 0.246 e. The monoisotopic (exact) mass is 282 g/mol. The lowest BCUT2D eigenvalue weighted by molar-refractivity contribution is -0.159. The van der Waals surface area contributed by atoms with Crippen molar-refractivity contribution in [2.45, 2.75) is 77.1 Å². The van der Waals surface area contributed by atoms with Crippen LogP contribution in [0.4, 0.5) is 0 Å². The quantitative estimate of drug-likeness (QED) is 0.852. The SMILES string of the molecule is CCC1NC(=O)C(CC)N(C2CCOC(C)(C)C2)C1=O. The summed E-state index contributed by atoms with van der Waals surface area (Å²) >= 11 is 0. The maximum Gasteiger partial charge on any atom is 0.246 e. The van der Waals surface area contributed by atoms with Crippen LogP contribution in [0, 0.1) is 0 Å². The van der Waals surface area contributed by atoms with E-state index in [9.17, 15) is 9.59 Å². The molecule has 1 N–H and O–H groups in total. The number of nitrogens with one attached hydrogen (secondary N) is 1. The second-order valence-corrected chi connectivity index (χ2v) is 6.39. The number of amides is 2. The summed E-state index contributed by atoms with van der Waals surface area (Å²) in [5, 5.41) is 2.85. The zero-order chi connectivity index (χ0) is 14.9. The number of hydrogen-bond donors (Lipinski definition) is 1. The van der Waals surface area contributed by atoms with Gasteiger partial charge in [0.05, 0.1) is 5.60 Å². The maximum atomic E-state index is 12.7. The topological polar surface area (TPSA) is 58.6 Å². The van der Waals surface area contributed by atoms with Crippen molar-refractivity contribution in [3.05, 3.63) is 0 Å². The summed E-state index contributed by atoms with van der Waals surface area (Å²) in [6.45, 7) is 8.64. The molecule has 0 aliphatic carbocycles. The predicted octanol–water partition coefficient (Wildman–Crippen LogP) is 1.46. The van der Waals surface area contributed by atoms with E-state index in [1.54, 1.807) is 0 Å². The molecule has 0 bridgehead atoms. The first-order valence-corrected chi connectivity index (χ1v) is 7.66. The number of carbonyl (C=O) groups excluding carboxylic acids is 2. The molecule has 2 aliphatic rings. The zero-order valence-corrected chi connectivity index (χ0v) is 12.9. The van der Waals surface area contributed by atoms with Crippen LogP contribution in [-0.4, -0.2) is 47.0 Å². The largest absolute Gasteiger partial charge is 0.375 e. The number of piperazine rings is 1. The lowest BCUT2D eigenvalue weighted by Crippen LogP contribution is -2.66. The molecule has 2 rings (SSSR count). The van der Waals surface area contributed by atoms with Crippen molar-refractivity contribution in [3.8, 4) is 0 Å². The zero-order valence-electron chi connectivity index (χ0n) is 12.9. The van der Waals surface area contributed by atoms with Crippen molar-refractivity contribution < 1.29 is 14.3 Å². The van der Waals surface area contributed by atoms with E-state index in [0.717, 1.165) is 12.8 Å². The summed E-state index contributed by atoms with van der Waals surface area (Å²) in [5.74, 6) is 0.0601. The standard InChI is InChI=1S/C15H26N2O3/c1-5-11-14(19)17(12(6-2)13(18)16-11)10-7-8-20-15(3,4)9-10/h10-12H,5-9H2,1-4H3,(H,16,18). The van der Waals surface area contributed by atoms with Gasteiger partial charge in [-0.15, -0.1) is 0 Å². The Bertz CT molecular complexity index is 395. The Hall–Kier alpha value is -1.10. The van der Waals surface area contributed by atoms with Crippen molar-refractivity contribution in [1.29, 1.82) is 0 Å². The minimum Gasteiger partial charge on any atom is -0.375 e. The summed E-state index contributed by atoms with van der Waals surface area (Å²) in [4.78, 5) is 26.7. The van der Waals surface area contributed by atoms with Crippen molar-refractivity contribution in [2.24, 2.45) is 0 Å². The third kappa shape index (κ3) is 2.82. The predicted molar refractivity (Wildman–Crippen MR) is 76.2 cm³/mol. The van der Waals surface area contributed by atoms with Crippen LogP contribution in [0.2, 0.25) is 0 Å². The highest BCUT2D eigenvalue weighted by atomic mass is 16.5. The highest BCUT2D eigenvalue weighted by molar-refractivity contribution is 5.97. The van der Waals surface area contributed by atoms with Crippen LogP contribution in [0.25, 0.3) is 0 Å². The van der Waals surface area contributed by atoms with E-state index >= 15 is 0 Å². The molecular weight excluding hydrogens is 256 g/mol. The molecule has 2 heterocycles. The van der Waals surface area contributed by atoms with Crippen molar-refractivity contribution in [1.82, 2.24) is 10.2 Å². The van der Waals surface area contributed by atoms with Crippen molar-refractivity contribution in [2.75, 3.05) is 6.61 Å². The van der Waals surface area contributed by atoms with E-state index in [0.29, 0.717) is 19.4 Å². The molecule has 0 saturated carbocycles. The highest BCUT2D eigenvalue weighted by Crippen LogP contribution is 2.31. The number of ether oxygens (including phenoxy) is 1. The Balaban J connectivity index is 2.24. The van der Waals surface area contributed by atoms with Crippen molar-refractivity contribution >= 4 is 11.8 Å². The van der Waals surface area contributed by atoms with Gasteiger partial charge in [0, 0.05) is 12.6 Å². The minimum atomic E-state index is -0.365. The Morgan fingerprint density at radius 3 is 2.55 bits per heavy atom. The number of carbonyl (C=O) groups is 2. The fourth-order valence-corrected chi connectivity index (χ4v) is 3.32. The summed E-state index contributed by atoms with van der Waals surface area (Å²) in [6, 6.07) is -0.586. The lowest BCUT2D eigenvalue weighted by Gasteiger charge is -2.47. The van der Waals surface area contributed by atoms with Gasteiger partial charge in [-0.3, -0.25) is 9.59 Å². The van der Waals surface area contributed by atoms with Crippen LogP contribution in [0.5, 0.6) is 0 Å². The molecule has 5 nitrogen and oxygen atoms in total. The minimum absolute atomic E-state index is 0.0109. The van der Waals surface area contributed by atoms with Gasteiger partial charge in [0.15, 0.2) is 0 Å². The van der Waals surface area contributed by atoms with E-state index in [2.05, 4.69) is 5.32 Å². The molecule has 0 aromatic rings. The molecule has 3 atom stereocenters. The van der Waals surface area contributed by atoms with Crippen LogP contribution in [0.3, 0.4) is 0 Å². The van der Waals surface area contributed by atoms with Gasteiger partial charge < -0.3 is 15.0 Å². The van der Waals surface area contributed by atoms with E-state index in [1.807, 2.05) is 32.6 Å². The van der Waals surface area contributed by atoms with Crippen LogP contribution in [0.1, 0.15) is 53.4 Å². The number of hydrogen-bond acceptors (Lipinski definition) is 3. The van der Waals surface area contributed by atoms with Crippen LogP contribution in [-0.2, 0) is 14.3 Å². The molecular formula is C15H26N2O3. The van der Waals surface area contributed by atoms with Gasteiger partial charge in [0.2, 0.25) is 11.8 Å². The summed E-state index contributed by atoms with van der Waals surface area (Å²) in [6.07, 6.45) is 2.91. The average molecular weight is 282 g/mol.